The fourth-order valence-electron chi connectivity index (χ4n) is 2.56. The number of thiophene rings is 1. The molecule has 0 radical (unpaired) electrons. The maximum atomic E-state index is 12.4. The van der Waals surface area contributed by atoms with Crippen molar-refractivity contribution in [2.75, 3.05) is 6.26 Å². The Morgan fingerprint density at radius 1 is 0.962 bits per heavy atom. The third kappa shape index (κ3) is 4.47. The van der Waals surface area contributed by atoms with Crippen LogP contribution in [0.2, 0.25) is 0 Å². The molecule has 0 saturated carbocycles. The Morgan fingerprint density at radius 3 is 2.19 bits per heavy atom. The van der Waals surface area contributed by atoms with Crippen LogP contribution in [0.3, 0.4) is 0 Å². The Bertz CT molecular complexity index is 1040. The van der Waals surface area contributed by atoms with Gasteiger partial charge >= 0.3 is 0 Å². The first-order chi connectivity index (χ1) is 12.4. The summed E-state index contributed by atoms with van der Waals surface area (Å²) in [7, 11) is -3.63. The highest BCUT2D eigenvalue weighted by Gasteiger charge is 2.19. The second-order valence-corrected chi connectivity index (χ2v) is 8.37. The van der Waals surface area contributed by atoms with Crippen molar-refractivity contribution < 1.29 is 13.2 Å². The van der Waals surface area contributed by atoms with Gasteiger partial charge in [0, 0.05) is 5.56 Å². The number of benzene rings is 2. The van der Waals surface area contributed by atoms with E-state index in [9.17, 15) is 13.2 Å². The van der Waals surface area contributed by atoms with Gasteiger partial charge in [-0.3, -0.25) is 4.79 Å². The summed E-state index contributed by atoms with van der Waals surface area (Å²) in [6, 6.07) is 21.3. The van der Waals surface area contributed by atoms with Gasteiger partial charge in [-0.1, -0.05) is 60.7 Å². The number of carbonyl (C=O) groups excluding carboxylic acids is 1. The van der Waals surface area contributed by atoms with Gasteiger partial charge in [-0.2, -0.15) is 0 Å². The van der Waals surface area contributed by atoms with Crippen molar-refractivity contribution >= 4 is 38.9 Å². The first kappa shape index (κ1) is 18.1. The zero-order chi connectivity index (χ0) is 18.6. The molecule has 1 heterocycles. The first-order valence-electron chi connectivity index (χ1n) is 7.86. The number of amides is 1. The molecule has 132 valence electrons. The summed E-state index contributed by atoms with van der Waals surface area (Å²) in [6.07, 6.45) is 2.96. The van der Waals surface area contributed by atoms with Gasteiger partial charge in [-0.25, -0.2) is 13.1 Å². The summed E-state index contributed by atoms with van der Waals surface area (Å²) in [5.74, 6) is -0.618. The molecule has 0 bridgehead atoms. The summed E-state index contributed by atoms with van der Waals surface area (Å²) < 4.78 is 24.9. The van der Waals surface area contributed by atoms with Gasteiger partial charge in [0.05, 0.1) is 6.26 Å². The summed E-state index contributed by atoms with van der Waals surface area (Å²) in [4.78, 5) is 12.8. The number of hydrogen-bond donors (Lipinski definition) is 1. The lowest BCUT2D eigenvalue weighted by Gasteiger charge is -2.10. The zero-order valence-corrected chi connectivity index (χ0v) is 15.7. The largest absolute Gasteiger partial charge is 0.275 e. The van der Waals surface area contributed by atoms with Crippen LogP contribution in [-0.2, 0) is 10.0 Å². The van der Waals surface area contributed by atoms with E-state index < -0.39 is 15.9 Å². The molecule has 4 nitrogen and oxygen atoms in total. The quantitative estimate of drug-likeness (QED) is 0.677. The lowest BCUT2D eigenvalue weighted by Crippen LogP contribution is -2.29. The molecule has 1 aromatic heterocycles. The molecule has 0 aliphatic carbocycles. The second kappa shape index (κ2) is 7.68. The molecule has 0 saturated heterocycles. The molecule has 3 rings (SSSR count). The molecule has 0 aliphatic heterocycles. The van der Waals surface area contributed by atoms with Crippen LogP contribution in [0.4, 0.5) is 0 Å². The Kier molecular flexibility index (Phi) is 5.35. The normalized spacial score (nSPS) is 12.0. The summed E-state index contributed by atoms with van der Waals surface area (Å²) in [5.41, 5.74) is 3.50. The topological polar surface area (TPSA) is 63.2 Å². The fraction of sp³-hybridized carbons (Fsp3) is 0.0500. The Labute approximate surface area is 156 Å². The van der Waals surface area contributed by atoms with Crippen LogP contribution in [0.1, 0.15) is 26.4 Å². The molecule has 6 heteroatoms. The van der Waals surface area contributed by atoms with Crippen LogP contribution in [0.5, 0.6) is 0 Å². The third-order valence-electron chi connectivity index (χ3n) is 3.64. The summed E-state index contributed by atoms with van der Waals surface area (Å²) in [5, 5.41) is 1.79. The van der Waals surface area contributed by atoms with E-state index in [4.69, 9.17) is 0 Å². The maximum absolute atomic E-state index is 12.4. The Morgan fingerprint density at radius 2 is 1.58 bits per heavy atom. The predicted octanol–water partition coefficient (Wildman–Crippen LogP) is 4.03. The van der Waals surface area contributed by atoms with Crippen molar-refractivity contribution in [3.8, 4) is 0 Å². The molecule has 26 heavy (non-hydrogen) atoms. The third-order valence-corrected chi connectivity index (χ3v) is 5.10. The molecule has 3 aromatic rings. The second-order valence-electron chi connectivity index (χ2n) is 5.70. The van der Waals surface area contributed by atoms with Crippen molar-refractivity contribution in [1.82, 2.24) is 4.72 Å². The van der Waals surface area contributed by atoms with Crippen LogP contribution in [0, 0.1) is 0 Å². The predicted molar refractivity (Wildman–Crippen MR) is 106 cm³/mol. The lowest BCUT2D eigenvalue weighted by atomic mass is 9.96. The van der Waals surface area contributed by atoms with Crippen LogP contribution in [-0.4, -0.2) is 20.6 Å². The zero-order valence-electron chi connectivity index (χ0n) is 14.0. The molecule has 0 unspecified atom stereocenters. The number of carbonyl (C=O) groups is 1. The highest BCUT2D eigenvalue weighted by atomic mass is 32.2. The van der Waals surface area contributed by atoms with E-state index in [1.165, 1.54) is 11.3 Å². The van der Waals surface area contributed by atoms with E-state index >= 15 is 0 Å². The minimum absolute atomic E-state index is 0.362. The fourth-order valence-corrected chi connectivity index (χ4v) is 3.87. The molecular weight excluding hydrogens is 366 g/mol. The lowest BCUT2D eigenvalue weighted by molar-refractivity contribution is 0.0985. The Hall–Kier alpha value is -2.70. The van der Waals surface area contributed by atoms with Gasteiger partial charge in [0.2, 0.25) is 10.0 Å². The SMILES string of the molecule is CS(=O)(=O)NC(=O)c1sccc1/C(=C/c1ccccc1)c1ccccc1. The van der Waals surface area contributed by atoms with E-state index in [2.05, 4.69) is 0 Å². The molecule has 1 N–H and O–H groups in total. The number of rotatable bonds is 5. The van der Waals surface area contributed by atoms with Crippen molar-refractivity contribution in [2.45, 2.75) is 0 Å². The van der Waals surface area contributed by atoms with E-state index in [1.807, 2.05) is 77.5 Å². The molecule has 0 spiro atoms. The van der Waals surface area contributed by atoms with Gasteiger partial charge in [0.1, 0.15) is 4.88 Å². The van der Waals surface area contributed by atoms with Crippen LogP contribution in [0.25, 0.3) is 11.6 Å². The van der Waals surface area contributed by atoms with Gasteiger partial charge in [0.25, 0.3) is 5.91 Å². The van der Waals surface area contributed by atoms with Crippen LogP contribution >= 0.6 is 11.3 Å². The highest BCUT2D eigenvalue weighted by Crippen LogP contribution is 2.31. The molecule has 0 fully saturated rings. The monoisotopic (exact) mass is 383 g/mol. The van der Waals surface area contributed by atoms with Crippen LogP contribution < -0.4 is 4.72 Å². The molecular formula is C20H17NO3S2. The summed E-state index contributed by atoms with van der Waals surface area (Å²) in [6.45, 7) is 0. The van der Waals surface area contributed by atoms with Gasteiger partial charge < -0.3 is 0 Å². The van der Waals surface area contributed by atoms with Crippen molar-refractivity contribution in [2.24, 2.45) is 0 Å². The highest BCUT2D eigenvalue weighted by molar-refractivity contribution is 7.89. The smallest absolute Gasteiger partial charge is 0.267 e. The Balaban J connectivity index is 2.12. The number of hydrogen-bond acceptors (Lipinski definition) is 4. The van der Waals surface area contributed by atoms with E-state index in [1.54, 1.807) is 5.38 Å². The van der Waals surface area contributed by atoms with Crippen LogP contribution in [0.15, 0.2) is 72.1 Å². The van der Waals surface area contributed by atoms with E-state index in [0.29, 0.717) is 10.4 Å². The minimum atomic E-state index is -3.63. The average molecular weight is 383 g/mol. The molecule has 0 aliphatic rings. The van der Waals surface area contributed by atoms with Gasteiger partial charge in [-0.15, -0.1) is 11.3 Å². The van der Waals surface area contributed by atoms with Gasteiger partial charge in [-0.05, 0) is 34.2 Å². The average Bonchev–Trinajstić information content (AvgIpc) is 3.09. The van der Waals surface area contributed by atoms with Gasteiger partial charge in [0.15, 0.2) is 0 Å². The van der Waals surface area contributed by atoms with Crippen molar-refractivity contribution in [1.29, 1.82) is 0 Å². The van der Waals surface area contributed by atoms with Crippen molar-refractivity contribution in [3.05, 3.63) is 93.7 Å². The van der Waals surface area contributed by atoms with E-state index in [0.717, 1.165) is 23.0 Å². The number of sulfonamides is 1. The van der Waals surface area contributed by atoms with E-state index in [-0.39, 0.29) is 0 Å². The molecule has 2 aromatic carbocycles. The first-order valence-corrected chi connectivity index (χ1v) is 10.6. The standard InChI is InChI=1S/C20H17NO3S2/c1-26(23,24)21-20(22)19-17(12-13-25-19)18(16-10-6-3-7-11-16)14-15-8-4-2-5-9-15/h2-14H,1H3,(H,21,22)/b18-14+. The molecule has 1 amide bonds. The summed E-state index contributed by atoms with van der Waals surface area (Å²) >= 11 is 1.21. The van der Waals surface area contributed by atoms with Crippen molar-refractivity contribution in [3.63, 3.8) is 0 Å². The minimum Gasteiger partial charge on any atom is -0.267 e. The molecule has 0 atom stereocenters. The number of nitrogens with one attached hydrogen (secondary N) is 1. The maximum Gasteiger partial charge on any atom is 0.275 e.